The number of hydrazine groups is 1. The molecule has 2 amide bonds. The Hall–Kier alpha value is -4.40. The van der Waals surface area contributed by atoms with Gasteiger partial charge >= 0.3 is 0 Å². The van der Waals surface area contributed by atoms with Crippen LogP contribution < -0.4 is 21.0 Å². The van der Waals surface area contributed by atoms with Crippen molar-refractivity contribution in [3.8, 4) is 0 Å². The van der Waals surface area contributed by atoms with Crippen LogP contribution in [0.3, 0.4) is 0 Å². The van der Waals surface area contributed by atoms with E-state index in [9.17, 15) is 9.59 Å². The quantitative estimate of drug-likeness (QED) is 0.359. The Morgan fingerprint density at radius 3 is 1.40 bits per heavy atom. The number of carbonyl (C=O) groups excluding carboxylic acids is 2. The molecule has 2 N–H and O–H groups in total. The van der Waals surface area contributed by atoms with Gasteiger partial charge in [0.2, 0.25) is 11.8 Å². The Balaban J connectivity index is 1.64. The van der Waals surface area contributed by atoms with Gasteiger partial charge in [-0.3, -0.25) is 19.6 Å². The Morgan fingerprint density at radius 1 is 0.605 bits per heavy atom. The van der Waals surface area contributed by atoms with Crippen molar-refractivity contribution in [1.82, 2.24) is 9.97 Å². The first kappa shape index (κ1) is 30.1. The summed E-state index contributed by atoms with van der Waals surface area (Å²) in [5, 5.41) is 10.1. The number of fused-ring (bicyclic) bond motifs is 2. The summed E-state index contributed by atoms with van der Waals surface area (Å²) in [6.45, 7) is 5.46. The largest absolute Gasteiger partial charge is 0.377 e. The monoisotopic (exact) mass is 590 g/mol. The molecular formula is C30H34N6O7. The Morgan fingerprint density at radius 2 is 1.00 bits per heavy atom. The summed E-state index contributed by atoms with van der Waals surface area (Å²) in [4.78, 5) is 45.8. The van der Waals surface area contributed by atoms with Crippen LogP contribution in [0.15, 0.2) is 60.9 Å². The third kappa shape index (κ3) is 7.52. The van der Waals surface area contributed by atoms with E-state index >= 15 is 0 Å². The van der Waals surface area contributed by atoms with Crippen molar-refractivity contribution in [2.75, 3.05) is 73.8 Å². The highest BCUT2D eigenvalue weighted by Gasteiger charge is 2.26. The van der Waals surface area contributed by atoms with Crippen LogP contribution in [0.5, 0.6) is 0 Å². The zero-order valence-electron chi connectivity index (χ0n) is 24.1. The maximum absolute atomic E-state index is 11.9. The lowest BCUT2D eigenvalue weighted by atomic mass is 10.1. The molecule has 13 heteroatoms. The smallest absolute Gasteiger partial charge is 0.221 e. The molecule has 13 nitrogen and oxygen atoms in total. The van der Waals surface area contributed by atoms with Gasteiger partial charge in [-0.15, -0.1) is 10.3 Å². The second kappa shape index (κ2) is 14.7. The molecule has 1 fully saturated rings. The molecule has 4 aromatic rings. The molecule has 2 aromatic carbocycles. The first-order valence-corrected chi connectivity index (χ1v) is 13.9. The van der Waals surface area contributed by atoms with E-state index in [1.165, 1.54) is 24.2 Å². The molecule has 43 heavy (non-hydrogen) atoms. The minimum atomic E-state index is -0.203. The van der Waals surface area contributed by atoms with E-state index in [-0.39, 0.29) is 38.2 Å². The predicted octanol–water partition coefficient (Wildman–Crippen LogP) is 3.85. The van der Waals surface area contributed by atoms with Gasteiger partial charge in [0, 0.05) is 37.0 Å². The number of carbonyl (C=O) groups is 2. The van der Waals surface area contributed by atoms with Gasteiger partial charge in [0.05, 0.1) is 51.0 Å². The molecule has 0 saturated carbocycles. The van der Waals surface area contributed by atoms with Crippen LogP contribution in [-0.2, 0) is 33.5 Å². The van der Waals surface area contributed by atoms with E-state index in [0.717, 1.165) is 0 Å². The fraction of sp³-hybridized carbons (Fsp3) is 0.333. The van der Waals surface area contributed by atoms with Gasteiger partial charge in [-0.2, -0.15) is 0 Å². The van der Waals surface area contributed by atoms with Gasteiger partial charge in [0.25, 0.3) is 0 Å². The summed E-state index contributed by atoms with van der Waals surface area (Å²) in [5.74, 6) is -0.405. The number of aromatic nitrogens is 2. The highest BCUT2D eigenvalue weighted by molar-refractivity contribution is 6.06. The molecule has 1 saturated heterocycles. The van der Waals surface area contributed by atoms with E-state index < -0.39 is 0 Å². The lowest BCUT2D eigenvalue weighted by molar-refractivity contribution is -0.115. The number of pyridine rings is 2. The average Bonchev–Trinajstić information content (AvgIpc) is 3.01. The number of hydrogen-bond acceptors (Lipinski definition) is 11. The molecule has 0 bridgehead atoms. The van der Waals surface area contributed by atoms with Crippen molar-refractivity contribution in [2.24, 2.45) is 0 Å². The Kier molecular flexibility index (Phi) is 10.3. The van der Waals surface area contributed by atoms with Gasteiger partial charge in [-0.05, 0) is 48.5 Å². The minimum absolute atomic E-state index is 0.160. The maximum Gasteiger partial charge on any atom is 0.221 e. The van der Waals surface area contributed by atoms with Crippen molar-refractivity contribution in [2.45, 2.75) is 13.8 Å². The molecule has 0 atom stereocenters. The van der Waals surface area contributed by atoms with E-state index in [1.54, 1.807) is 48.8 Å². The van der Waals surface area contributed by atoms with Crippen LogP contribution in [0.1, 0.15) is 13.8 Å². The number of anilines is 4. The molecule has 1 aliphatic heterocycles. The van der Waals surface area contributed by atoms with Gasteiger partial charge in [-0.1, -0.05) is 0 Å². The van der Waals surface area contributed by atoms with E-state index in [4.69, 9.17) is 23.9 Å². The van der Waals surface area contributed by atoms with Crippen LogP contribution in [0.25, 0.3) is 21.8 Å². The van der Waals surface area contributed by atoms with Crippen molar-refractivity contribution in [1.29, 1.82) is 0 Å². The molecule has 0 unspecified atom stereocenters. The van der Waals surface area contributed by atoms with E-state index in [2.05, 4.69) is 20.6 Å². The topological polar surface area (TPSA) is 137 Å². The summed E-state index contributed by atoms with van der Waals surface area (Å²) in [6, 6.07) is 14.5. The lowest BCUT2D eigenvalue weighted by Gasteiger charge is -2.36. The first-order valence-electron chi connectivity index (χ1n) is 13.9. The summed E-state index contributed by atoms with van der Waals surface area (Å²) >= 11 is 0. The summed E-state index contributed by atoms with van der Waals surface area (Å²) in [7, 11) is 0. The molecule has 0 spiro atoms. The zero-order valence-corrected chi connectivity index (χ0v) is 24.1. The fourth-order valence-electron chi connectivity index (χ4n) is 4.57. The Bertz CT molecular complexity index is 1450. The third-order valence-corrected chi connectivity index (χ3v) is 6.32. The van der Waals surface area contributed by atoms with Crippen molar-refractivity contribution < 1.29 is 33.5 Å². The molecule has 2 aromatic heterocycles. The lowest BCUT2D eigenvalue weighted by Crippen LogP contribution is -2.45. The first-order chi connectivity index (χ1) is 21.0. The van der Waals surface area contributed by atoms with E-state index in [0.29, 0.717) is 71.0 Å². The molecule has 1 aliphatic rings. The fourth-order valence-corrected chi connectivity index (χ4v) is 4.57. The number of benzene rings is 2. The highest BCUT2D eigenvalue weighted by atomic mass is 16.8. The van der Waals surface area contributed by atoms with Crippen LogP contribution in [0.2, 0.25) is 0 Å². The second-order valence-corrected chi connectivity index (χ2v) is 9.48. The van der Waals surface area contributed by atoms with Gasteiger partial charge in [-0.25, -0.2) is 9.68 Å². The normalized spacial score (nSPS) is 16.0. The number of rotatable bonds is 4. The van der Waals surface area contributed by atoms with Crippen molar-refractivity contribution in [3.05, 3.63) is 60.9 Å². The third-order valence-electron chi connectivity index (χ3n) is 6.32. The van der Waals surface area contributed by atoms with Crippen molar-refractivity contribution in [3.63, 3.8) is 0 Å². The van der Waals surface area contributed by atoms with Crippen molar-refractivity contribution >= 4 is 56.4 Å². The molecule has 0 radical (unpaired) electrons. The Labute approximate surface area is 248 Å². The second-order valence-electron chi connectivity index (χ2n) is 9.48. The molecule has 3 heterocycles. The number of hydrogen-bond donors (Lipinski definition) is 2. The summed E-state index contributed by atoms with van der Waals surface area (Å²) in [5.41, 5.74) is 3.39. The van der Waals surface area contributed by atoms with Gasteiger partial charge in [0.15, 0.2) is 0 Å². The van der Waals surface area contributed by atoms with Crippen LogP contribution >= 0.6 is 0 Å². The maximum atomic E-state index is 11.9. The average molecular weight is 591 g/mol. The molecule has 5 rings (SSSR count). The SMILES string of the molecule is CC(=O)Nc1ccc(N2OCCOCCOCCOCCON2c2ccc(NC(C)=O)c3cccnc23)c2ncccc12. The van der Waals surface area contributed by atoms with Crippen LogP contribution in [0, 0.1) is 0 Å². The minimum Gasteiger partial charge on any atom is -0.377 e. The predicted molar refractivity (Wildman–Crippen MR) is 161 cm³/mol. The number of ether oxygens (including phenoxy) is 3. The van der Waals surface area contributed by atoms with E-state index in [1.807, 2.05) is 12.1 Å². The number of amides is 2. The molecule has 226 valence electrons. The molecule has 0 aliphatic carbocycles. The summed E-state index contributed by atoms with van der Waals surface area (Å²) in [6.07, 6.45) is 3.33. The van der Waals surface area contributed by atoms with Gasteiger partial charge in [0.1, 0.15) is 35.6 Å². The highest BCUT2D eigenvalue weighted by Crippen LogP contribution is 2.37. The van der Waals surface area contributed by atoms with Gasteiger partial charge < -0.3 is 24.8 Å². The number of nitrogens with one attached hydrogen (secondary N) is 2. The summed E-state index contributed by atoms with van der Waals surface area (Å²) < 4.78 is 17.0. The number of nitrogens with zero attached hydrogens (tertiary/aromatic N) is 4. The standard InChI is InChI=1S/C30H34N6O7/c1-21(37)33-25-7-9-27(29-23(25)5-3-11-31-29)35-36(43-20-18-41-16-14-39-13-15-40-17-19-42-35)28-10-8-26(34-22(2)38)24-6-4-12-32-30(24)28/h3-12H,13-20H2,1-2H3,(H,33,37)(H,34,38). The van der Waals surface area contributed by atoms with Crippen LogP contribution in [-0.4, -0.2) is 74.6 Å². The molecular weight excluding hydrogens is 556 g/mol. The van der Waals surface area contributed by atoms with Crippen LogP contribution in [0.4, 0.5) is 22.7 Å². The zero-order chi connectivity index (χ0) is 30.0.